The third kappa shape index (κ3) is 3.74. The van der Waals surface area contributed by atoms with E-state index >= 15 is 0 Å². The molecule has 0 spiro atoms. The van der Waals surface area contributed by atoms with Crippen LogP contribution in [0.15, 0.2) is 42.5 Å². The van der Waals surface area contributed by atoms with Crippen molar-refractivity contribution < 1.29 is 9.72 Å². The molecule has 1 saturated heterocycles. The highest BCUT2D eigenvalue weighted by molar-refractivity contribution is 6.30. The summed E-state index contributed by atoms with van der Waals surface area (Å²) in [5.41, 5.74) is 3.01. The lowest BCUT2D eigenvalue weighted by Gasteiger charge is -2.49. The zero-order valence-corrected chi connectivity index (χ0v) is 16.9. The van der Waals surface area contributed by atoms with E-state index in [-0.39, 0.29) is 28.5 Å². The van der Waals surface area contributed by atoms with E-state index in [4.69, 9.17) is 11.6 Å². The van der Waals surface area contributed by atoms with E-state index in [1.165, 1.54) is 0 Å². The van der Waals surface area contributed by atoms with E-state index < -0.39 is 0 Å². The number of hydrogen-bond donors (Lipinski definition) is 1. The highest BCUT2D eigenvalue weighted by atomic mass is 35.5. The van der Waals surface area contributed by atoms with E-state index in [0.29, 0.717) is 24.5 Å². The van der Waals surface area contributed by atoms with E-state index in [1.807, 2.05) is 37.3 Å². The van der Waals surface area contributed by atoms with Gasteiger partial charge in [0.2, 0.25) is 5.91 Å². The number of anilines is 2. The Labute approximate surface area is 174 Å². The van der Waals surface area contributed by atoms with Gasteiger partial charge >= 0.3 is 0 Å². The number of benzene rings is 2. The minimum atomic E-state index is -0.383. The largest absolute Gasteiger partial charge is 0.368 e. The topological polar surface area (TPSA) is 78.7 Å². The summed E-state index contributed by atoms with van der Waals surface area (Å²) in [5.74, 6) is -0.267. The molecule has 1 N–H and O–H groups in total. The van der Waals surface area contributed by atoms with Gasteiger partial charge in [-0.2, -0.15) is 0 Å². The van der Waals surface area contributed by atoms with Crippen LogP contribution < -0.4 is 15.1 Å². The zero-order chi connectivity index (χ0) is 20.5. The van der Waals surface area contributed by atoms with Crippen molar-refractivity contribution >= 4 is 34.6 Å². The minimum absolute atomic E-state index is 0.0000609. The molecule has 0 aromatic heterocycles. The average molecular weight is 415 g/mol. The Kier molecular flexibility index (Phi) is 5.32. The van der Waals surface area contributed by atoms with Gasteiger partial charge in [-0.05, 0) is 49.2 Å². The molecule has 4 rings (SSSR count). The molecule has 2 aromatic rings. The monoisotopic (exact) mass is 414 g/mol. The summed E-state index contributed by atoms with van der Waals surface area (Å²) in [6.07, 6.45) is 0.498. The molecule has 2 aliphatic heterocycles. The van der Waals surface area contributed by atoms with E-state index in [1.54, 1.807) is 12.1 Å². The Bertz CT molecular complexity index is 934. The Balaban J connectivity index is 1.67. The lowest BCUT2D eigenvalue weighted by Crippen LogP contribution is -2.61. The van der Waals surface area contributed by atoms with Crippen LogP contribution in [0.25, 0.3) is 0 Å². The number of nitro groups is 1. The number of nitro benzene ring substituents is 1. The molecule has 152 valence electrons. The first kappa shape index (κ1) is 19.5. The standard InChI is InChI=1S/C21H23ClN4O3/c1-2-23-21(27)18-12-14-11-17(26(28)29)7-8-19(14)25-10-9-24(13-20(18)25)16-5-3-15(22)4-6-16/h3-8,11,18,20H,2,9-10,12-13H2,1H3,(H,23,27). The molecule has 2 aromatic carbocycles. The number of carbonyl (C=O) groups is 1. The first-order chi connectivity index (χ1) is 14.0. The van der Waals surface area contributed by atoms with Crippen molar-refractivity contribution in [2.45, 2.75) is 19.4 Å². The molecular formula is C21H23ClN4O3. The number of nitrogens with one attached hydrogen (secondary N) is 1. The Morgan fingerprint density at radius 2 is 2.00 bits per heavy atom. The van der Waals surface area contributed by atoms with Crippen molar-refractivity contribution in [3.8, 4) is 0 Å². The third-order valence-corrected chi connectivity index (χ3v) is 6.04. The summed E-state index contributed by atoms with van der Waals surface area (Å²) < 4.78 is 0. The van der Waals surface area contributed by atoms with Crippen molar-refractivity contribution in [2.24, 2.45) is 5.92 Å². The third-order valence-electron chi connectivity index (χ3n) is 5.79. The van der Waals surface area contributed by atoms with Crippen LogP contribution >= 0.6 is 11.6 Å². The van der Waals surface area contributed by atoms with Crippen LogP contribution in [0.3, 0.4) is 0 Å². The molecule has 29 heavy (non-hydrogen) atoms. The molecule has 0 radical (unpaired) electrons. The van der Waals surface area contributed by atoms with Gasteiger partial charge in [0, 0.05) is 54.7 Å². The molecule has 2 heterocycles. The lowest BCUT2D eigenvalue weighted by molar-refractivity contribution is -0.384. The fourth-order valence-electron chi connectivity index (χ4n) is 4.41. The van der Waals surface area contributed by atoms with E-state index in [2.05, 4.69) is 15.1 Å². The lowest BCUT2D eigenvalue weighted by atomic mass is 9.83. The maximum atomic E-state index is 12.9. The molecule has 0 saturated carbocycles. The molecule has 2 aliphatic rings. The molecule has 0 bridgehead atoms. The maximum Gasteiger partial charge on any atom is 0.269 e. The van der Waals surface area contributed by atoms with E-state index in [9.17, 15) is 14.9 Å². The second-order valence-corrected chi connectivity index (χ2v) is 7.89. The average Bonchev–Trinajstić information content (AvgIpc) is 2.73. The summed E-state index contributed by atoms with van der Waals surface area (Å²) in [6.45, 7) is 4.72. The van der Waals surface area contributed by atoms with Gasteiger partial charge < -0.3 is 15.1 Å². The van der Waals surface area contributed by atoms with Crippen molar-refractivity contribution in [1.82, 2.24) is 5.32 Å². The van der Waals surface area contributed by atoms with Crippen molar-refractivity contribution in [3.63, 3.8) is 0 Å². The number of nitrogens with zero attached hydrogens (tertiary/aromatic N) is 3. The summed E-state index contributed by atoms with van der Waals surface area (Å²) in [5, 5.41) is 14.8. The van der Waals surface area contributed by atoms with Gasteiger partial charge in [-0.15, -0.1) is 0 Å². The molecule has 1 fully saturated rings. The van der Waals surface area contributed by atoms with Gasteiger partial charge in [0.05, 0.1) is 16.9 Å². The maximum absolute atomic E-state index is 12.9. The molecule has 2 atom stereocenters. The smallest absolute Gasteiger partial charge is 0.269 e. The summed E-state index contributed by atoms with van der Waals surface area (Å²) in [4.78, 5) is 28.2. The first-order valence-corrected chi connectivity index (χ1v) is 10.2. The molecule has 8 heteroatoms. The predicted octanol–water partition coefficient (Wildman–Crippen LogP) is 3.25. The van der Waals surface area contributed by atoms with Gasteiger partial charge in [-0.25, -0.2) is 0 Å². The minimum Gasteiger partial charge on any atom is -0.368 e. The van der Waals surface area contributed by atoms with Crippen molar-refractivity contribution in [3.05, 3.63) is 63.2 Å². The number of hydrogen-bond acceptors (Lipinski definition) is 5. The molecule has 1 amide bonds. The fourth-order valence-corrected chi connectivity index (χ4v) is 4.54. The number of carbonyl (C=O) groups excluding carboxylic acids is 1. The van der Waals surface area contributed by atoms with Crippen LogP contribution in [0.4, 0.5) is 17.1 Å². The summed E-state index contributed by atoms with van der Waals surface area (Å²) in [7, 11) is 0. The number of halogens is 1. The van der Waals surface area contributed by atoms with Gasteiger partial charge in [0.1, 0.15) is 0 Å². The number of fused-ring (bicyclic) bond motifs is 3. The Morgan fingerprint density at radius 3 is 2.69 bits per heavy atom. The highest BCUT2D eigenvalue weighted by Crippen LogP contribution is 2.38. The molecular weight excluding hydrogens is 392 g/mol. The number of amides is 1. The number of non-ortho nitro benzene ring substituents is 1. The van der Waals surface area contributed by atoms with E-state index in [0.717, 1.165) is 30.0 Å². The van der Waals surface area contributed by atoms with Crippen molar-refractivity contribution in [1.29, 1.82) is 0 Å². The fraction of sp³-hybridized carbons (Fsp3) is 0.381. The van der Waals surface area contributed by atoms with Gasteiger partial charge in [0.25, 0.3) is 5.69 Å². The second-order valence-electron chi connectivity index (χ2n) is 7.46. The normalized spacial score (nSPS) is 20.6. The van der Waals surface area contributed by atoms with Crippen molar-refractivity contribution in [2.75, 3.05) is 36.0 Å². The number of piperazine rings is 1. The summed E-state index contributed by atoms with van der Waals surface area (Å²) >= 11 is 6.02. The van der Waals surface area contributed by atoms with Crippen LogP contribution in [0.2, 0.25) is 5.02 Å². The second kappa shape index (κ2) is 7.91. The predicted molar refractivity (Wildman–Crippen MR) is 114 cm³/mol. The molecule has 7 nitrogen and oxygen atoms in total. The Hall–Kier alpha value is -2.80. The summed E-state index contributed by atoms with van der Waals surface area (Å²) in [6, 6.07) is 12.7. The Morgan fingerprint density at radius 1 is 1.24 bits per heavy atom. The van der Waals surface area contributed by atoms with Crippen LogP contribution in [0, 0.1) is 16.0 Å². The zero-order valence-electron chi connectivity index (χ0n) is 16.2. The van der Waals surface area contributed by atoms with Crippen LogP contribution in [0.1, 0.15) is 12.5 Å². The molecule has 2 unspecified atom stereocenters. The SMILES string of the molecule is CCNC(=O)C1Cc2cc([N+](=O)[O-])ccc2N2CCN(c3ccc(Cl)cc3)CC12. The van der Waals surface area contributed by atoms with Gasteiger partial charge in [-0.1, -0.05) is 11.6 Å². The number of rotatable bonds is 4. The van der Waals surface area contributed by atoms with Crippen LogP contribution in [-0.2, 0) is 11.2 Å². The van der Waals surface area contributed by atoms with Crippen LogP contribution in [0.5, 0.6) is 0 Å². The quantitative estimate of drug-likeness (QED) is 0.613. The molecule has 0 aliphatic carbocycles. The van der Waals surface area contributed by atoms with Gasteiger partial charge in [0.15, 0.2) is 0 Å². The van der Waals surface area contributed by atoms with Gasteiger partial charge in [-0.3, -0.25) is 14.9 Å². The van der Waals surface area contributed by atoms with Crippen LogP contribution in [-0.4, -0.2) is 43.1 Å². The highest BCUT2D eigenvalue weighted by Gasteiger charge is 2.41. The first-order valence-electron chi connectivity index (χ1n) is 9.80.